The van der Waals surface area contributed by atoms with Crippen LogP contribution in [0, 0.1) is 0 Å². The molecule has 0 atom stereocenters. The van der Waals surface area contributed by atoms with Gasteiger partial charge in [-0.1, -0.05) is 6.07 Å². The summed E-state index contributed by atoms with van der Waals surface area (Å²) in [6.07, 6.45) is 0. The zero-order valence-electron chi connectivity index (χ0n) is 12.6. The minimum Gasteiger partial charge on any atom is -0.496 e. The third-order valence-corrected chi connectivity index (χ3v) is 2.85. The SMILES string of the molecule is CCOC(=O)C(C(=O)OCC)c1c(OC)cccc1C(=O)O. The zero-order valence-corrected chi connectivity index (χ0v) is 12.6. The van der Waals surface area contributed by atoms with Crippen molar-refractivity contribution < 1.29 is 33.7 Å². The van der Waals surface area contributed by atoms with Gasteiger partial charge in [-0.25, -0.2) is 4.79 Å². The molecule has 0 heterocycles. The van der Waals surface area contributed by atoms with Crippen molar-refractivity contribution in [2.45, 2.75) is 19.8 Å². The fourth-order valence-electron chi connectivity index (χ4n) is 1.99. The van der Waals surface area contributed by atoms with Crippen LogP contribution >= 0.6 is 0 Å². The van der Waals surface area contributed by atoms with Crippen LogP contribution < -0.4 is 4.74 Å². The number of esters is 2. The molecule has 1 aromatic carbocycles. The van der Waals surface area contributed by atoms with Crippen LogP contribution in [0.4, 0.5) is 0 Å². The molecule has 0 saturated heterocycles. The van der Waals surface area contributed by atoms with Crippen molar-refractivity contribution in [2.75, 3.05) is 20.3 Å². The van der Waals surface area contributed by atoms with Crippen molar-refractivity contribution in [1.29, 1.82) is 0 Å². The van der Waals surface area contributed by atoms with Crippen LogP contribution in [0.15, 0.2) is 18.2 Å². The van der Waals surface area contributed by atoms with Crippen molar-refractivity contribution in [3.05, 3.63) is 29.3 Å². The molecule has 1 rings (SSSR count). The van der Waals surface area contributed by atoms with Gasteiger partial charge >= 0.3 is 17.9 Å². The first-order valence-corrected chi connectivity index (χ1v) is 6.71. The van der Waals surface area contributed by atoms with E-state index in [9.17, 15) is 19.5 Å². The largest absolute Gasteiger partial charge is 0.496 e. The molecule has 1 N–H and O–H groups in total. The summed E-state index contributed by atoms with van der Waals surface area (Å²) in [7, 11) is 1.32. The zero-order chi connectivity index (χ0) is 16.7. The molecule has 0 aliphatic rings. The lowest BCUT2D eigenvalue weighted by Gasteiger charge is -2.19. The van der Waals surface area contributed by atoms with Gasteiger partial charge < -0.3 is 19.3 Å². The standard InChI is InChI=1S/C15H18O7/c1-4-21-14(18)12(15(19)22-5-2)11-9(13(16)17)7-6-8-10(11)20-3/h6-8,12H,4-5H2,1-3H3,(H,16,17). The summed E-state index contributed by atoms with van der Waals surface area (Å²) in [4.78, 5) is 35.7. The van der Waals surface area contributed by atoms with Gasteiger partial charge in [0.05, 0.1) is 25.9 Å². The Morgan fingerprint density at radius 1 is 1.09 bits per heavy atom. The van der Waals surface area contributed by atoms with Crippen LogP contribution in [0.5, 0.6) is 5.75 Å². The number of hydrogen-bond acceptors (Lipinski definition) is 6. The molecule has 0 aliphatic carbocycles. The Bertz CT molecular complexity index is 547. The van der Waals surface area contributed by atoms with E-state index in [1.54, 1.807) is 13.8 Å². The summed E-state index contributed by atoms with van der Waals surface area (Å²) >= 11 is 0. The lowest BCUT2D eigenvalue weighted by Crippen LogP contribution is -2.28. The van der Waals surface area contributed by atoms with Crippen molar-refractivity contribution in [3.8, 4) is 5.75 Å². The molecule has 0 amide bonds. The van der Waals surface area contributed by atoms with Gasteiger partial charge in [-0.2, -0.15) is 0 Å². The van der Waals surface area contributed by atoms with Crippen molar-refractivity contribution >= 4 is 17.9 Å². The number of methoxy groups -OCH3 is 1. The van der Waals surface area contributed by atoms with Crippen molar-refractivity contribution in [1.82, 2.24) is 0 Å². The molecule has 1 aromatic rings. The van der Waals surface area contributed by atoms with E-state index in [2.05, 4.69) is 0 Å². The highest BCUT2D eigenvalue weighted by Crippen LogP contribution is 2.32. The third-order valence-electron chi connectivity index (χ3n) is 2.85. The molecule has 0 unspecified atom stereocenters. The van der Waals surface area contributed by atoms with Crippen LogP contribution in [0.3, 0.4) is 0 Å². The van der Waals surface area contributed by atoms with Gasteiger partial charge in [0, 0.05) is 5.56 Å². The predicted octanol–water partition coefficient (Wildman–Crippen LogP) is 1.60. The molecule has 7 nitrogen and oxygen atoms in total. The second kappa shape index (κ2) is 8.02. The smallest absolute Gasteiger partial charge is 0.336 e. The quantitative estimate of drug-likeness (QED) is 0.603. The second-order valence-corrected chi connectivity index (χ2v) is 4.16. The molecule has 120 valence electrons. The number of aromatic carboxylic acids is 1. The average molecular weight is 310 g/mol. The molecule has 0 aliphatic heterocycles. The number of ether oxygens (including phenoxy) is 3. The summed E-state index contributed by atoms with van der Waals surface area (Å²) in [6, 6.07) is 4.21. The van der Waals surface area contributed by atoms with Crippen LogP contribution in [0.1, 0.15) is 35.7 Å². The van der Waals surface area contributed by atoms with Gasteiger partial charge in [0.1, 0.15) is 5.75 Å². The van der Waals surface area contributed by atoms with Crippen molar-refractivity contribution in [3.63, 3.8) is 0 Å². The Morgan fingerprint density at radius 3 is 2.05 bits per heavy atom. The first-order valence-electron chi connectivity index (χ1n) is 6.71. The number of rotatable bonds is 7. The summed E-state index contributed by atoms with van der Waals surface area (Å²) < 4.78 is 14.8. The minimum atomic E-state index is -1.51. The first kappa shape index (κ1) is 17.5. The molecule has 0 saturated carbocycles. The molecule has 7 heteroatoms. The maximum Gasteiger partial charge on any atom is 0.336 e. The normalized spacial score (nSPS) is 10.2. The third kappa shape index (κ3) is 3.75. The van der Waals surface area contributed by atoms with Crippen LogP contribution in [-0.4, -0.2) is 43.3 Å². The van der Waals surface area contributed by atoms with E-state index >= 15 is 0 Å². The summed E-state index contributed by atoms with van der Waals surface area (Å²) in [5, 5.41) is 9.30. The summed E-state index contributed by atoms with van der Waals surface area (Å²) in [6.45, 7) is 3.26. The lowest BCUT2D eigenvalue weighted by atomic mass is 9.93. The number of carbonyl (C=O) groups is 3. The van der Waals surface area contributed by atoms with E-state index in [4.69, 9.17) is 14.2 Å². The molecule has 0 aromatic heterocycles. The Balaban J connectivity index is 3.49. The molecule has 0 spiro atoms. The molecular formula is C15H18O7. The van der Waals surface area contributed by atoms with Gasteiger partial charge in [0.15, 0.2) is 5.92 Å². The lowest BCUT2D eigenvalue weighted by molar-refractivity contribution is -0.157. The van der Waals surface area contributed by atoms with Gasteiger partial charge in [-0.15, -0.1) is 0 Å². The van der Waals surface area contributed by atoms with Gasteiger partial charge in [0.25, 0.3) is 0 Å². The van der Waals surface area contributed by atoms with E-state index in [1.807, 2.05) is 0 Å². The molecular weight excluding hydrogens is 292 g/mol. The fraction of sp³-hybridized carbons (Fsp3) is 0.400. The Kier molecular flexibility index (Phi) is 6.37. The topological polar surface area (TPSA) is 99.1 Å². The van der Waals surface area contributed by atoms with Crippen LogP contribution in [-0.2, 0) is 19.1 Å². The number of benzene rings is 1. The average Bonchev–Trinajstić information content (AvgIpc) is 2.48. The highest BCUT2D eigenvalue weighted by molar-refractivity contribution is 6.04. The van der Waals surface area contributed by atoms with Crippen LogP contribution in [0.25, 0.3) is 0 Å². The van der Waals surface area contributed by atoms with Crippen LogP contribution in [0.2, 0.25) is 0 Å². The second-order valence-electron chi connectivity index (χ2n) is 4.16. The maximum absolute atomic E-state index is 12.1. The van der Waals surface area contributed by atoms with Gasteiger partial charge in [-0.05, 0) is 26.0 Å². The number of carboxylic acid groups (broad SMARTS) is 1. The van der Waals surface area contributed by atoms with E-state index in [1.165, 1.54) is 25.3 Å². The monoisotopic (exact) mass is 310 g/mol. The highest BCUT2D eigenvalue weighted by Gasteiger charge is 2.37. The highest BCUT2D eigenvalue weighted by atomic mass is 16.6. The Morgan fingerprint density at radius 2 is 1.64 bits per heavy atom. The fourth-order valence-corrected chi connectivity index (χ4v) is 1.99. The Labute approximate surface area is 127 Å². The molecule has 0 radical (unpaired) electrons. The van der Waals surface area contributed by atoms with Crippen molar-refractivity contribution in [2.24, 2.45) is 0 Å². The molecule has 0 fully saturated rings. The van der Waals surface area contributed by atoms with Gasteiger partial charge in [0.2, 0.25) is 0 Å². The summed E-state index contributed by atoms with van der Waals surface area (Å²) in [5.74, 6) is -4.46. The minimum absolute atomic E-state index is 0.0479. The number of hydrogen-bond donors (Lipinski definition) is 1. The Hall–Kier alpha value is -2.57. The molecule has 0 bridgehead atoms. The predicted molar refractivity (Wildman–Crippen MR) is 76.0 cm³/mol. The molecule has 22 heavy (non-hydrogen) atoms. The first-order chi connectivity index (χ1) is 10.5. The number of carboxylic acids is 1. The number of carbonyl (C=O) groups excluding carboxylic acids is 2. The van der Waals surface area contributed by atoms with E-state index in [-0.39, 0.29) is 30.1 Å². The van der Waals surface area contributed by atoms with Gasteiger partial charge in [-0.3, -0.25) is 9.59 Å². The van der Waals surface area contributed by atoms with E-state index in [0.29, 0.717) is 0 Å². The summed E-state index contributed by atoms with van der Waals surface area (Å²) in [5.41, 5.74) is -0.292. The van der Waals surface area contributed by atoms with E-state index < -0.39 is 23.8 Å². The maximum atomic E-state index is 12.1. The van der Waals surface area contributed by atoms with E-state index in [0.717, 1.165) is 0 Å².